The maximum absolute atomic E-state index is 13.1. The SMILES string of the molecule is O=C1C[C@H](c2cccc(C(F)(F)F)c2)c2cc(Br)c3ccccc3c2N1. The number of hydrogen-bond acceptors (Lipinski definition) is 1. The standard InChI is InChI=1S/C20H13BrF3NO/c21-17-9-16-15(11-4-3-5-12(8-11)20(22,23)24)10-18(26)25-19(16)14-7-2-1-6-13(14)17/h1-9,15H,10H2,(H,25,26)/t15-/m1/s1. The Morgan fingerprint density at radius 3 is 2.46 bits per heavy atom. The fourth-order valence-electron chi connectivity index (χ4n) is 3.48. The van der Waals surface area contributed by atoms with Gasteiger partial charge in [0, 0.05) is 22.2 Å². The molecule has 1 aliphatic rings. The number of anilines is 1. The minimum absolute atomic E-state index is 0.110. The number of hydrogen-bond donors (Lipinski definition) is 1. The Balaban J connectivity index is 1.93. The molecule has 0 saturated carbocycles. The molecule has 0 spiro atoms. The van der Waals surface area contributed by atoms with Crippen LogP contribution in [0.5, 0.6) is 0 Å². The minimum Gasteiger partial charge on any atom is -0.325 e. The summed E-state index contributed by atoms with van der Waals surface area (Å²) in [7, 11) is 0. The lowest BCUT2D eigenvalue weighted by molar-refractivity contribution is -0.137. The summed E-state index contributed by atoms with van der Waals surface area (Å²) in [5, 5.41) is 4.70. The fraction of sp³-hybridized carbons (Fsp3) is 0.150. The number of carbonyl (C=O) groups is 1. The normalized spacial score (nSPS) is 17.1. The minimum atomic E-state index is -4.42. The quantitative estimate of drug-likeness (QED) is 0.507. The summed E-state index contributed by atoms with van der Waals surface area (Å²) in [5.41, 5.74) is 1.26. The van der Waals surface area contributed by atoms with Crippen molar-refractivity contribution < 1.29 is 18.0 Å². The second kappa shape index (κ2) is 6.13. The zero-order chi connectivity index (χ0) is 18.5. The predicted molar refractivity (Wildman–Crippen MR) is 98.2 cm³/mol. The summed E-state index contributed by atoms with van der Waals surface area (Å²) < 4.78 is 40.1. The van der Waals surface area contributed by atoms with Gasteiger partial charge in [-0.3, -0.25) is 4.79 Å². The third-order valence-electron chi connectivity index (χ3n) is 4.67. The lowest BCUT2D eigenvalue weighted by Crippen LogP contribution is -2.24. The van der Waals surface area contributed by atoms with Crippen LogP contribution in [0.2, 0.25) is 0 Å². The van der Waals surface area contributed by atoms with Crippen molar-refractivity contribution in [2.75, 3.05) is 5.32 Å². The van der Waals surface area contributed by atoms with Crippen molar-refractivity contribution in [3.63, 3.8) is 0 Å². The number of fused-ring (bicyclic) bond motifs is 3. The van der Waals surface area contributed by atoms with Crippen molar-refractivity contribution >= 4 is 38.3 Å². The van der Waals surface area contributed by atoms with Crippen LogP contribution in [0.25, 0.3) is 10.8 Å². The largest absolute Gasteiger partial charge is 0.416 e. The summed E-state index contributed by atoms with van der Waals surface area (Å²) >= 11 is 3.54. The first-order valence-corrected chi connectivity index (χ1v) is 8.82. The second-order valence-corrected chi connectivity index (χ2v) is 7.15. The van der Waals surface area contributed by atoms with Gasteiger partial charge in [-0.1, -0.05) is 58.4 Å². The van der Waals surface area contributed by atoms with Crippen LogP contribution in [-0.4, -0.2) is 5.91 Å². The first-order valence-electron chi connectivity index (χ1n) is 8.03. The molecule has 0 aliphatic carbocycles. The average molecular weight is 420 g/mol. The molecule has 1 amide bonds. The summed E-state index contributed by atoms with van der Waals surface area (Å²) in [4.78, 5) is 12.3. The molecule has 3 aromatic rings. The molecule has 1 N–H and O–H groups in total. The van der Waals surface area contributed by atoms with Crippen molar-refractivity contribution in [1.29, 1.82) is 0 Å². The molecule has 132 valence electrons. The molecule has 6 heteroatoms. The van der Waals surface area contributed by atoms with Crippen molar-refractivity contribution in [1.82, 2.24) is 0 Å². The molecular formula is C20H13BrF3NO. The number of halogens is 4. The number of alkyl halides is 3. The molecule has 26 heavy (non-hydrogen) atoms. The van der Waals surface area contributed by atoms with Gasteiger partial charge in [-0.15, -0.1) is 0 Å². The summed E-state index contributed by atoms with van der Waals surface area (Å²) in [6, 6.07) is 14.7. The van der Waals surface area contributed by atoms with Crippen LogP contribution in [0.3, 0.4) is 0 Å². The van der Waals surface area contributed by atoms with E-state index in [1.165, 1.54) is 6.07 Å². The van der Waals surface area contributed by atoms with E-state index in [-0.39, 0.29) is 12.3 Å². The van der Waals surface area contributed by atoms with E-state index in [1.54, 1.807) is 6.07 Å². The lowest BCUT2D eigenvalue weighted by Gasteiger charge is -2.28. The molecular weight excluding hydrogens is 407 g/mol. The predicted octanol–water partition coefficient (Wildman–Crippen LogP) is 6.10. The van der Waals surface area contributed by atoms with E-state index in [2.05, 4.69) is 21.2 Å². The lowest BCUT2D eigenvalue weighted by atomic mass is 9.83. The zero-order valence-corrected chi connectivity index (χ0v) is 15.0. The zero-order valence-electron chi connectivity index (χ0n) is 13.4. The number of amides is 1. The topological polar surface area (TPSA) is 29.1 Å². The summed E-state index contributed by atoms with van der Waals surface area (Å²) in [5.74, 6) is -0.630. The molecule has 1 atom stereocenters. The van der Waals surface area contributed by atoms with Crippen molar-refractivity contribution in [3.05, 3.63) is 75.8 Å². The van der Waals surface area contributed by atoms with Crippen LogP contribution in [0.4, 0.5) is 18.9 Å². The van der Waals surface area contributed by atoms with Gasteiger partial charge in [0.15, 0.2) is 0 Å². The van der Waals surface area contributed by atoms with Gasteiger partial charge in [0.2, 0.25) is 5.91 Å². The maximum atomic E-state index is 13.1. The van der Waals surface area contributed by atoms with E-state index >= 15 is 0 Å². The fourth-order valence-corrected chi connectivity index (χ4v) is 4.07. The van der Waals surface area contributed by atoms with E-state index in [0.29, 0.717) is 11.3 Å². The average Bonchev–Trinajstić information content (AvgIpc) is 2.62. The highest BCUT2D eigenvalue weighted by molar-refractivity contribution is 9.10. The highest BCUT2D eigenvalue weighted by Crippen LogP contribution is 2.44. The summed E-state index contributed by atoms with van der Waals surface area (Å²) in [6.45, 7) is 0. The first-order chi connectivity index (χ1) is 12.3. The smallest absolute Gasteiger partial charge is 0.325 e. The number of nitrogens with one attached hydrogen (secondary N) is 1. The molecule has 0 saturated heterocycles. The number of carbonyl (C=O) groups excluding carboxylic acids is 1. The van der Waals surface area contributed by atoms with E-state index in [1.807, 2.05) is 30.3 Å². The number of rotatable bonds is 1. The van der Waals surface area contributed by atoms with Crippen LogP contribution in [0, 0.1) is 0 Å². The Labute approximate surface area is 156 Å². The molecule has 3 aromatic carbocycles. The Kier molecular flexibility index (Phi) is 4.03. The van der Waals surface area contributed by atoms with Crippen molar-refractivity contribution in [3.8, 4) is 0 Å². The van der Waals surface area contributed by atoms with Gasteiger partial charge in [-0.25, -0.2) is 0 Å². The van der Waals surface area contributed by atoms with E-state index in [9.17, 15) is 18.0 Å². The molecule has 1 aliphatic heterocycles. The van der Waals surface area contributed by atoms with Crippen LogP contribution in [0.15, 0.2) is 59.1 Å². The summed E-state index contributed by atoms with van der Waals surface area (Å²) in [6.07, 6.45) is -4.31. The monoisotopic (exact) mass is 419 g/mol. The molecule has 1 heterocycles. The third-order valence-corrected chi connectivity index (χ3v) is 5.33. The van der Waals surface area contributed by atoms with Gasteiger partial charge in [0.05, 0.1) is 11.3 Å². The molecule has 0 radical (unpaired) electrons. The molecule has 0 aromatic heterocycles. The Bertz CT molecular complexity index is 1030. The Hall–Kier alpha value is -2.34. The van der Waals surface area contributed by atoms with Gasteiger partial charge < -0.3 is 5.32 Å². The highest BCUT2D eigenvalue weighted by atomic mass is 79.9. The molecule has 0 unspecified atom stereocenters. The Morgan fingerprint density at radius 1 is 1.00 bits per heavy atom. The molecule has 2 nitrogen and oxygen atoms in total. The first kappa shape index (κ1) is 17.1. The molecule has 0 fully saturated rings. The van der Waals surface area contributed by atoms with Gasteiger partial charge in [0.1, 0.15) is 0 Å². The molecule has 0 bridgehead atoms. The van der Waals surface area contributed by atoms with E-state index in [4.69, 9.17) is 0 Å². The van der Waals surface area contributed by atoms with Crippen LogP contribution in [-0.2, 0) is 11.0 Å². The second-order valence-electron chi connectivity index (χ2n) is 6.30. The van der Waals surface area contributed by atoms with E-state index < -0.39 is 17.7 Å². The van der Waals surface area contributed by atoms with E-state index in [0.717, 1.165) is 32.9 Å². The van der Waals surface area contributed by atoms with Crippen LogP contribution < -0.4 is 5.32 Å². The van der Waals surface area contributed by atoms with Crippen molar-refractivity contribution in [2.45, 2.75) is 18.5 Å². The van der Waals surface area contributed by atoms with Gasteiger partial charge >= 0.3 is 6.18 Å². The van der Waals surface area contributed by atoms with Gasteiger partial charge in [-0.05, 0) is 28.6 Å². The van der Waals surface area contributed by atoms with Crippen molar-refractivity contribution in [2.24, 2.45) is 0 Å². The Morgan fingerprint density at radius 2 is 1.73 bits per heavy atom. The van der Waals surface area contributed by atoms with Crippen LogP contribution >= 0.6 is 15.9 Å². The third kappa shape index (κ3) is 2.88. The number of benzene rings is 3. The van der Waals surface area contributed by atoms with Crippen LogP contribution in [0.1, 0.15) is 29.0 Å². The highest BCUT2D eigenvalue weighted by Gasteiger charge is 2.33. The maximum Gasteiger partial charge on any atom is 0.416 e. The van der Waals surface area contributed by atoms with Gasteiger partial charge in [-0.2, -0.15) is 13.2 Å². The molecule has 4 rings (SSSR count). The van der Waals surface area contributed by atoms with Gasteiger partial charge in [0.25, 0.3) is 0 Å².